The zero-order valence-electron chi connectivity index (χ0n) is 12.1. The molecule has 1 heterocycles. The summed E-state index contributed by atoms with van der Waals surface area (Å²) in [6, 6.07) is 1.70. The zero-order chi connectivity index (χ0) is 14.4. The summed E-state index contributed by atoms with van der Waals surface area (Å²) in [5.41, 5.74) is 0.901. The Balaban J connectivity index is 1.81. The van der Waals surface area contributed by atoms with Gasteiger partial charge in [-0.25, -0.2) is 13.1 Å². The van der Waals surface area contributed by atoms with E-state index in [9.17, 15) is 8.42 Å². The molecule has 0 spiro atoms. The molecule has 1 saturated carbocycles. The summed E-state index contributed by atoms with van der Waals surface area (Å²) in [7, 11) is -3.36. The lowest BCUT2D eigenvalue weighted by Gasteiger charge is -2.24. The molecule has 1 fully saturated rings. The van der Waals surface area contributed by atoms with E-state index in [-0.39, 0.29) is 0 Å². The summed E-state index contributed by atoms with van der Waals surface area (Å²) >= 11 is 0. The molecule has 1 aliphatic rings. The zero-order valence-corrected chi connectivity index (χ0v) is 12.9. The second-order valence-electron chi connectivity index (χ2n) is 5.52. The first-order chi connectivity index (χ1) is 9.62. The Morgan fingerprint density at radius 2 is 2.15 bits per heavy atom. The van der Waals surface area contributed by atoms with Crippen LogP contribution in [0.25, 0.3) is 0 Å². The van der Waals surface area contributed by atoms with Crippen molar-refractivity contribution in [1.82, 2.24) is 15.0 Å². The van der Waals surface area contributed by atoms with Crippen LogP contribution in [0.5, 0.6) is 0 Å². The minimum atomic E-state index is -3.36. The number of H-pyrrole nitrogens is 1. The van der Waals surface area contributed by atoms with E-state index in [2.05, 4.69) is 21.9 Å². The van der Waals surface area contributed by atoms with Crippen molar-refractivity contribution in [2.24, 2.45) is 5.92 Å². The van der Waals surface area contributed by atoms with Crippen LogP contribution >= 0.6 is 0 Å². The highest BCUT2D eigenvalue weighted by atomic mass is 32.2. The molecule has 2 rings (SSSR count). The van der Waals surface area contributed by atoms with Crippen LogP contribution in [0.3, 0.4) is 0 Å². The number of nitrogens with one attached hydrogen (secondary N) is 3. The predicted molar refractivity (Wildman–Crippen MR) is 79.9 cm³/mol. The van der Waals surface area contributed by atoms with Gasteiger partial charge in [-0.1, -0.05) is 26.2 Å². The molecule has 20 heavy (non-hydrogen) atoms. The molecule has 1 aromatic heterocycles. The number of hydrogen-bond donors (Lipinski definition) is 3. The van der Waals surface area contributed by atoms with E-state index in [1.165, 1.54) is 19.3 Å². The molecule has 1 aliphatic carbocycles. The van der Waals surface area contributed by atoms with E-state index in [0.29, 0.717) is 18.0 Å². The first kappa shape index (κ1) is 15.5. The third kappa shape index (κ3) is 4.33. The van der Waals surface area contributed by atoms with Crippen LogP contribution in [0.15, 0.2) is 17.2 Å². The molecule has 0 bridgehead atoms. The van der Waals surface area contributed by atoms with Gasteiger partial charge < -0.3 is 10.3 Å². The van der Waals surface area contributed by atoms with Crippen molar-refractivity contribution in [1.29, 1.82) is 0 Å². The summed E-state index contributed by atoms with van der Waals surface area (Å²) in [4.78, 5) is 3.34. The molecule has 0 aliphatic heterocycles. The molecular formula is C14H25N3O2S. The lowest BCUT2D eigenvalue weighted by atomic mass is 9.83. The van der Waals surface area contributed by atoms with Crippen LogP contribution in [0.2, 0.25) is 0 Å². The molecule has 0 radical (unpaired) electrons. The lowest BCUT2D eigenvalue weighted by molar-refractivity contribution is 0.297. The summed E-state index contributed by atoms with van der Waals surface area (Å²) < 4.78 is 26.9. The molecule has 5 nitrogen and oxygen atoms in total. The van der Waals surface area contributed by atoms with Gasteiger partial charge in [0.1, 0.15) is 0 Å². The molecule has 1 aromatic rings. The highest BCUT2D eigenvalue weighted by Crippen LogP contribution is 2.28. The van der Waals surface area contributed by atoms with Gasteiger partial charge in [-0.05, 0) is 31.4 Å². The van der Waals surface area contributed by atoms with E-state index in [4.69, 9.17) is 0 Å². The number of hydrogen-bond acceptors (Lipinski definition) is 3. The molecule has 114 valence electrons. The monoisotopic (exact) mass is 299 g/mol. The van der Waals surface area contributed by atoms with Gasteiger partial charge in [-0.15, -0.1) is 0 Å². The largest absolute Gasteiger partial charge is 0.363 e. The van der Waals surface area contributed by atoms with Gasteiger partial charge in [0.15, 0.2) is 0 Å². The van der Waals surface area contributed by atoms with Gasteiger partial charge >= 0.3 is 0 Å². The van der Waals surface area contributed by atoms with Crippen molar-refractivity contribution in [2.45, 2.75) is 50.5 Å². The van der Waals surface area contributed by atoms with Crippen molar-refractivity contribution in [3.8, 4) is 0 Å². The number of rotatable bonds is 9. The SMILES string of the molecule is CCCNCc1cc(S(=O)(=O)NCCC2CCC2)c[nH]1. The summed E-state index contributed by atoms with van der Waals surface area (Å²) in [5, 5.41) is 3.24. The predicted octanol–water partition coefficient (Wildman–Crippen LogP) is 1.98. The summed E-state index contributed by atoms with van der Waals surface area (Å²) in [6.07, 6.45) is 7.37. The van der Waals surface area contributed by atoms with Gasteiger partial charge in [-0.3, -0.25) is 0 Å². The molecule has 0 unspecified atom stereocenters. The minimum absolute atomic E-state index is 0.333. The average Bonchev–Trinajstić information content (AvgIpc) is 2.82. The van der Waals surface area contributed by atoms with E-state index in [1.807, 2.05) is 0 Å². The Morgan fingerprint density at radius 1 is 1.35 bits per heavy atom. The van der Waals surface area contributed by atoms with E-state index >= 15 is 0 Å². The average molecular weight is 299 g/mol. The van der Waals surface area contributed by atoms with E-state index in [1.54, 1.807) is 12.3 Å². The fourth-order valence-corrected chi connectivity index (χ4v) is 3.40. The molecule has 3 N–H and O–H groups in total. The van der Waals surface area contributed by atoms with Gasteiger partial charge in [-0.2, -0.15) is 0 Å². The van der Waals surface area contributed by atoms with Gasteiger partial charge in [0.05, 0.1) is 4.90 Å². The second-order valence-corrected chi connectivity index (χ2v) is 7.29. The van der Waals surface area contributed by atoms with Gasteiger partial charge in [0.25, 0.3) is 0 Å². The third-order valence-electron chi connectivity index (χ3n) is 3.84. The van der Waals surface area contributed by atoms with Gasteiger partial charge in [0.2, 0.25) is 10.0 Å². The normalized spacial score (nSPS) is 16.2. The van der Waals surface area contributed by atoms with Crippen LogP contribution < -0.4 is 10.0 Å². The first-order valence-electron chi connectivity index (χ1n) is 7.49. The fraction of sp³-hybridized carbons (Fsp3) is 0.714. The minimum Gasteiger partial charge on any atom is -0.363 e. The number of aromatic nitrogens is 1. The number of aromatic amines is 1. The molecule has 0 saturated heterocycles. The van der Waals surface area contributed by atoms with Crippen molar-refractivity contribution < 1.29 is 8.42 Å². The van der Waals surface area contributed by atoms with Crippen LogP contribution in [-0.4, -0.2) is 26.5 Å². The number of sulfonamides is 1. The van der Waals surface area contributed by atoms with Crippen LogP contribution in [-0.2, 0) is 16.6 Å². The van der Waals surface area contributed by atoms with Gasteiger partial charge in [0, 0.05) is 25.0 Å². The lowest BCUT2D eigenvalue weighted by Crippen LogP contribution is -2.27. The highest BCUT2D eigenvalue weighted by Gasteiger charge is 2.19. The van der Waals surface area contributed by atoms with Crippen molar-refractivity contribution in [3.05, 3.63) is 18.0 Å². The Bertz CT molecular complexity index is 506. The Kier molecular flexibility index (Phi) is 5.63. The smallest absolute Gasteiger partial charge is 0.242 e. The molecule has 0 aromatic carbocycles. The molecule has 6 heteroatoms. The Morgan fingerprint density at radius 3 is 2.80 bits per heavy atom. The summed E-state index contributed by atoms with van der Waals surface area (Å²) in [5.74, 6) is 0.720. The van der Waals surface area contributed by atoms with E-state index < -0.39 is 10.0 Å². The maximum Gasteiger partial charge on any atom is 0.242 e. The summed E-state index contributed by atoms with van der Waals surface area (Å²) in [6.45, 7) is 4.25. The van der Waals surface area contributed by atoms with Crippen molar-refractivity contribution in [2.75, 3.05) is 13.1 Å². The Hall–Kier alpha value is -0.850. The van der Waals surface area contributed by atoms with Crippen molar-refractivity contribution >= 4 is 10.0 Å². The van der Waals surface area contributed by atoms with Crippen molar-refractivity contribution in [3.63, 3.8) is 0 Å². The Labute approximate surface area is 121 Å². The maximum absolute atomic E-state index is 12.1. The third-order valence-corrected chi connectivity index (χ3v) is 5.28. The van der Waals surface area contributed by atoms with Crippen LogP contribution in [0.4, 0.5) is 0 Å². The first-order valence-corrected chi connectivity index (χ1v) is 8.98. The molecular weight excluding hydrogens is 274 g/mol. The molecule has 0 amide bonds. The van der Waals surface area contributed by atoms with E-state index in [0.717, 1.165) is 31.0 Å². The maximum atomic E-state index is 12.1. The highest BCUT2D eigenvalue weighted by molar-refractivity contribution is 7.89. The topological polar surface area (TPSA) is 74.0 Å². The van der Waals surface area contributed by atoms with Crippen LogP contribution in [0.1, 0.15) is 44.7 Å². The fourth-order valence-electron chi connectivity index (χ4n) is 2.34. The molecule has 0 atom stereocenters. The van der Waals surface area contributed by atoms with Crippen LogP contribution in [0, 0.1) is 5.92 Å². The standard InChI is InChI=1S/C14H25N3O2S/c1-2-7-15-10-13-9-14(11-16-13)20(18,19)17-8-6-12-4-3-5-12/h9,11-12,15-17H,2-8,10H2,1H3. The second kappa shape index (κ2) is 7.24. The quantitative estimate of drug-likeness (QED) is 0.610.